The predicted octanol–water partition coefficient (Wildman–Crippen LogP) is 1.38. The molecule has 0 atom stereocenters. The average molecular weight is 166 g/mol. The van der Waals surface area contributed by atoms with Crippen LogP contribution in [0.25, 0.3) is 0 Å². The Morgan fingerprint density at radius 2 is 2.25 bits per heavy atom. The Balaban J connectivity index is 2.84. The van der Waals surface area contributed by atoms with Gasteiger partial charge in [0, 0.05) is 18.2 Å². The van der Waals surface area contributed by atoms with Crippen LogP contribution in [0.4, 0.5) is 0 Å². The van der Waals surface area contributed by atoms with Crippen LogP contribution in [0.15, 0.2) is 12.5 Å². The van der Waals surface area contributed by atoms with E-state index < -0.39 is 0 Å². The van der Waals surface area contributed by atoms with E-state index in [2.05, 4.69) is 25.8 Å². The minimum atomic E-state index is 0.0497. The van der Waals surface area contributed by atoms with E-state index in [0.29, 0.717) is 6.42 Å². The molecule has 3 heteroatoms. The zero-order chi connectivity index (χ0) is 9.19. The molecule has 0 fully saturated rings. The summed E-state index contributed by atoms with van der Waals surface area (Å²) >= 11 is 0. The SMILES string of the molecule is CC(C)(C)n1cnc(CC=O)c1. The Kier molecular flexibility index (Phi) is 2.31. The van der Waals surface area contributed by atoms with Crippen molar-refractivity contribution in [1.29, 1.82) is 0 Å². The summed E-state index contributed by atoms with van der Waals surface area (Å²) < 4.78 is 2.01. The highest BCUT2D eigenvalue weighted by atomic mass is 16.1. The number of rotatable bonds is 2. The fraction of sp³-hybridized carbons (Fsp3) is 0.556. The second-order valence-corrected chi connectivity index (χ2v) is 3.81. The molecule has 12 heavy (non-hydrogen) atoms. The van der Waals surface area contributed by atoms with Crippen molar-refractivity contribution in [3.05, 3.63) is 18.2 Å². The van der Waals surface area contributed by atoms with Crippen LogP contribution in [0.1, 0.15) is 26.5 Å². The smallest absolute Gasteiger partial charge is 0.125 e. The number of hydrogen-bond donors (Lipinski definition) is 0. The first-order valence-corrected chi connectivity index (χ1v) is 4.01. The van der Waals surface area contributed by atoms with Gasteiger partial charge in [-0.25, -0.2) is 4.98 Å². The molecule has 1 aromatic heterocycles. The van der Waals surface area contributed by atoms with E-state index in [1.807, 2.05) is 10.8 Å². The van der Waals surface area contributed by atoms with Crippen LogP contribution in [0, 0.1) is 0 Å². The fourth-order valence-corrected chi connectivity index (χ4v) is 0.921. The van der Waals surface area contributed by atoms with E-state index in [0.717, 1.165) is 12.0 Å². The number of aromatic nitrogens is 2. The highest BCUT2D eigenvalue weighted by Gasteiger charge is 2.12. The molecule has 1 heterocycles. The maximum atomic E-state index is 10.2. The molecular formula is C9H14N2O. The van der Waals surface area contributed by atoms with Gasteiger partial charge >= 0.3 is 0 Å². The van der Waals surface area contributed by atoms with E-state index in [1.54, 1.807) is 6.33 Å². The van der Waals surface area contributed by atoms with Gasteiger partial charge in [0.1, 0.15) is 6.29 Å². The number of aldehydes is 1. The van der Waals surface area contributed by atoms with Gasteiger partial charge in [-0.05, 0) is 20.8 Å². The Hall–Kier alpha value is -1.12. The molecule has 0 saturated heterocycles. The third-order valence-corrected chi connectivity index (χ3v) is 1.70. The first-order valence-electron chi connectivity index (χ1n) is 4.01. The third-order valence-electron chi connectivity index (χ3n) is 1.70. The zero-order valence-corrected chi connectivity index (χ0v) is 7.74. The first kappa shape index (κ1) is 8.97. The number of carbonyl (C=O) groups is 1. The summed E-state index contributed by atoms with van der Waals surface area (Å²) in [5, 5.41) is 0. The van der Waals surface area contributed by atoms with E-state index in [4.69, 9.17) is 0 Å². The minimum Gasteiger partial charge on any atom is -0.332 e. The maximum absolute atomic E-state index is 10.2. The fourth-order valence-electron chi connectivity index (χ4n) is 0.921. The Morgan fingerprint density at radius 1 is 1.58 bits per heavy atom. The number of nitrogens with zero attached hydrogens (tertiary/aromatic N) is 2. The first-order chi connectivity index (χ1) is 5.54. The van der Waals surface area contributed by atoms with Crippen LogP contribution < -0.4 is 0 Å². The molecular weight excluding hydrogens is 152 g/mol. The van der Waals surface area contributed by atoms with Crippen molar-refractivity contribution in [2.24, 2.45) is 0 Å². The van der Waals surface area contributed by atoms with Crippen LogP contribution in [-0.4, -0.2) is 15.8 Å². The molecule has 0 aliphatic carbocycles. The van der Waals surface area contributed by atoms with Gasteiger partial charge < -0.3 is 9.36 Å². The lowest BCUT2D eigenvalue weighted by Crippen LogP contribution is -2.19. The monoisotopic (exact) mass is 166 g/mol. The Labute approximate surface area is 72.4 Å². The largest absolute Gasteiger partial charge is 0.332 e. The molecule has 0 radical (unpaired) electrons. The molecule has 0 saturated carbocycles. The van der Waals surface area contributed by atoms with Crippen LogP contribution >= 0.6 is 0 Å². The van der Waals surface area contributed by atoms with Gasteiger partial charge in [-0.3, -0.25) is 0 Å². The standard InChI is InChI=1S/C9H14N2O/c1-9(2,3)11-6-8(4-5-12)10-7-11/h5-7H,4H2,1-3H3. The van der Waals surface area contributed by atoms with Crippen molar-refractivity contribution in [2.45, 2.75) is 32.7 Å². The quantitative estimate of drug-likeness (QED) is 0.622. The molecule has 0 bridgehead atoms. The normalized spacial score (nSPS) is 11.6. The minimum absolute atomic E-state index is 0.0497. The highest BCUT2D eigenvalue weighted by Crippen LogP contribution is 2.13. The second kappa shape index (κ2) is 3.09. The zero-order valence-electron chi connectivity index (χ0n) is 7.74. The number of carbonyl (C=O) groups excluding carboxylic acids is 1. The molecule has 0 unspecified atom stereocenters. The maximum Gasteiger partial charge on any atom is 0.125 e. The Morgan fingerprint density at radius 3 is 2.67 bits per heavy atom. The predicted molar refractivity (Wildman–Crippen MR) is 47.0 cm³/mol. The van der Waals surface area contributed by atoms with Crippen LogP contribution in [-0.2, 0) is 16.8 Å². The van der Waals surface area contributed by atoms with Crippen molar-refractivity contribution in [1.82, 2.24) is 9.55 Å². The lowest BCUT2D eigenvalue weighted by molar-refractivity contribution is -0.107. The summed E-state index contributed by atoms with van der Waals surface area (Å²) in [6.45, 7) is 6.29. The van der Waals surface area contributed by atoms with Gasteiger partial charge in [0.25, 0.3) is 0 Å². The molecule has 0 aromatic carbocycles. The molecule has 0 amide bonds. The van der Waals surface area contributed by atoms with Crippen LogP contribution in [0.3, 0.4) is 0 Å². The molecule has 0 aliphatic heterocycles. The van der Waals surface area contributed by atoms with Gasteiger partial charge in [-0.1, -0.05) is 0 Å². The second-order valence-electron chi connectivity index (χ2n) is 3.81. The highest BCUT2D eigenvalue weighted by molar-refractivity contribution is 5.53. The molecule has 0 aliphatic rings. The summed E-state index contributed by atoms with van der Waals surface area (Å²) in [7, 11) is 0. The molecule has 1 aromatic rings. The van der Waals surface area contributed by atoms with E-state index in [9.17, 15) is 4.79 Å². The van der Waals surface area contributed by atoms with Crippen molar-refractivity contribution in [2.75, 3.05) is 0 Å². The molecule has 0 N–H and O–H groups in total. The van der Waals surface area contributed by atoms with Crippen molar-refractivity contribution < 1.29 is 4.79 Å². The van der Waals surface area contributed by atoms with Gasteiger partial charge in [0.05, 0.1) is 12.0 Å². The third kappa shape index (κ3) is 1.94. The van der Waals surface area contributed by atoms with Crippen LogP contribution in [0.5, 0.6) is 0 Å². The average Bonchev–Trinajstić information content (AvgIpc) is 2.35. The summed E-state index contributed by atoms with van der Waals surface area (Å²) in [5.41, 5.74) is 0.883. The van der Waals surface area contributed by atoms with Gasteiger partial charge in [0.15, 0.2) is 0 Å². The summed E-state index contributed by atoms with van der Waals surface area (Å²) in [6.07, 6.45) is 4.95. The molecule has 0 spiro atoms. The molecule has 1 rings (SSSR count). The van der Waals surface area contributed by atoms with E-state index in [-0.39, 0.29) is 5.54 Å². The van der Waals surface area contributed by atoms with E-state index >= 15 is 0 Å². The van der Waals surface area contributed by atoms with Gasteiger partial charge in [0.2, 0.25) is 0 Å². The topological polar surface area (TPSA) is 34.9 Å². The molecule has 66 valence electrons. The van der Waals surface area contributed by atoms with Crippen molar-refractivity contribution in [3.8, 4) is 0 Å². The van der Waals surface area contributed by atoms with Crippen LogP contribution in [0.2, 0.25) is 0 Å². The number of hydrogen-bond acceptors (Lipinski definition) is 2. The van der Waals surface area contributed by atoms with Crippen molar-refractivity contribution in [3.63, 3.8) is 0 Å². The Bertz CT molecular complexity index is 270. The number of imidazole rings is 1. The summed E-state index contributed by atoms with van der Waals surface area (Å²) in [6, 6.07) is 0. The lowest BCUT2D eigenvalue weighted by atomic mass is 10.1. The summed E-state index contributed by atoms with van der Waals surface area (Å²) in [4.78, 5) is 14.3. The molecule has 3 nitrogen and oxygen atoms in total. The lowest BCUT2D eigenvalue weighted by Gasteiger charge is -2.19. The van der Waals surface area contributed by atoms with Gasteiger partial charge in [-0.2, -0.15) is 0 Å². The van der Waals surface area contributed by atoms with Crippen molar-refractivity contribution >= 4 is 6.29 Å². The summed E-state index contributed by atoms with van der Waals surface area (Å²) in [5.74, 6) is 0. The van der Waals surface area contributed by atoms with Gasteiger partial charge in [-0.15, -0.1) is 0 Å². The van der Waals surface area contributed by atoms with E-state index in [1.165, 1.54) is 0 Å².